The molecule has 1 aromatic carbocycles. The van der Waals surface area contributed by atoms with E-state index in [9.17, 15) is 5.11 Å². The summed E-state index contributed by atoms with van der Waals surface area (Å²) < 4.78 is 1.41. The van der Waals surface area contributed by atoms with Crippen LogP contribution in [-0.2, 0) is 0 Å². The van der Waals surface area contributed by atoms with Gasteiger partial charge in [-0.3, -0.25) is 0 Å². The second kappa shape index (κ2) is 5.51. The maximum Gasteiger partial charge on any atom is 0.178 e. The predicted octanol–water partition coefficient (Wildman–Crippen LogP) is 2.07. The van der Waals surface area contributed by atoms with Gasteiger partial charge in [-0.25, -0.2) is 4.98 Å². The number of nitrogens with zero attached hydrogens (tertiary/aromatic N) is 4. The van der Waals surface area contributed by atoms with E-state index in [1.165, 1.54) is 10.7 Å². The third-order valence-electron chi connectivity index (χ3n) is 4.04. The van der Waals surface area contributed by atoms with E-state index in [-0.39, 0.29) is 0 Å². The van der Waals surface area contributed by atoms with Crippen LogP contribution in [0.5, 0.6) is 0 Å². The van der Waals surface area contributed by atoms with Crippen molar-refractivity contribution in [2.45, 2.75) is 13.2 Å². The molecule has 4 rings (SSSR count). The summed E-state index contributed by atoms with van der Waals surface area (Å²) in [7, 11) is 0. The Morgan fingerprint density at radius 1 is 1.40 bits per heavy atom. The summed E-state index contributed by atoms with van der Waals surface area (Å²) in [5.74, 6) is 0.489. The second-order valence-electron chi connectivity index (χ2n) is 5.80. The molecule has 0 saturated carbocycles. The minimum atomic E-state index is -0.711. The van der Waals surface area contributed by atoms with Crippen LogP contribution in [0.4, 0.5) is 22.9 Å². The summed E-state index contributed by atoms with van der Waals surface area (Å²) in [6, 6.07) is 9.45. The lowest BCUT2D eigenvalue weighted by molar-refractivity contribution is 0.252. The predicted molar refractivity (Wildman–Crippen MR) is 95.1 cm³/mol. The SMILES string of the molecule is CC1=CC(O)Nc2cc(Nc3cc(N)c4ncc(C#N)n4n3)ccc21. The van der Waals surface area contributed by atoms with E-state index >= 15 is 0 Å². The van der Waals surface area contributed by atoms with Gasteiger partial charge < -0.3 is 21.5 Å². The molecule has 0 bridgehead atoms. The number of aliphatic hydroxyl groups is 1. The number of nitrogens with two attached hydrogens (primary N) is 1. The average Bonchev–Trinajstić information content (AvgIpc) is 2.98. The van der Waals surface area contributed by atoms with E-state index in [0.717, 1.165) is 22.5 Å². The lowest BCUT2D eigenvalue weighted by atomic mass is 10.0. The number of nitriles is 1. The van der Waals surface area contributed by atoms with Gasteiger partial charge in [0.2, 0.25) is 0 Å². The fraction of sp³-hybridized carbons (Fsp3) is 0.118. The molecule has 1 atom stereocenters. The second-order valence-corrected chi connectivity index (χ2v) is 5.80. The fourth-order valence-corrected chi connectivity index (χ4v) is 2.89. The lowest BCUT2D eigenvalue weighted by Gasteiger charge is -2.22. The Kier molecular flexibility index (Phi) is 3.30. The molecular weight excluding hydrogens is 318 g/mol. The van der Waals surface area contributed by atoms with E-state index in [0.29, 0.717) is 22.8 Å². The molecule has 3 aromatic rings. The first-order valence-corrected chi connectivity index (χ1v) is 7.64. The summed E-state index contributed by atoms with van der Waals surface area (Å²) >= 11 is 0. The van der Waals surface area contributed by atoms with E-state index in [1.807, 2.05) is 31.2 Å². The van der Waals surface area contributed by atoms with Crippen LogP contribution in [0.15, 0.2) is 36.5 Å². The maximum absolute atomic E-state index is 9.82. The molecule has 5 N–H and O–H groups in total. The highest BCUT2D eigenvalue weighted by Crippen LogP contribution is 2.32. The highest BCUT2D eigenvalue weighted by molar-refractivity contribution is 5.82. The first kappa shape index (κ1) is 15.0. The van der Waals surface area contributed by atoms with E-state index in [4.69, 9.17) is 11.0 Å². The molecule has 1 unspecified atom stereocenters. The van der Waals surface area contributed by atoms with Crippen molar-refractivity contribution in [1.82, 2.24) is 14.6 Å². The molecule has 25 heavy (non-hydrogen) atoms. The van der Waals surface area contributed by atoms with Crippen molar-refractivity contribution in [1.29, 1.82) is 5.26 Å². The van der Waals surface area contributed by atoms with Crippen LogP contribution < -0.4 is 16.4 Å². The summed E-state index contributed by atoms with van der Waals surface area (Å²) in [5, 5.41) is 29.5. The molecule has 1 aliphatic rings. The number of imidazole rings is 1. The number of aromatic nitrogens is 3. The van der Waals surface area contributed by atoms with Crippen molar-refractivity contribution >= 4 is 34.1 Å². The largest absolute Gasteiger partial charge is 0.396 e. The van der Waals surface area contributed by atoms with E-state index in [2.05, 4.69) is 20.7 Å². The highest BCUT2D eigenvalue weighted by Gasteiger charge is 2.15. The summed E-state index contributed by atoms with van der Waals surface area (Å²) in [5.41, 5.74) is 10.8. The van der Waals surface area contributed by atoms with Crippen molar-refractivity contribution in [2.24, 2.45) is 0 Å². The Labute approximate surface area is 143 Å². The molecule has 0 amide bonds. The third kappa shape index (κ3) is 2.52. The molecule has 8 nitrogen and oxygen atoms in total. The van der Waals surface area contributed by atoms with Gasteiger partial charge in [0.1, 0.15) is 12.3 Å². The number of anilines is 4. The molecule has 8 heteroatoms. The van der Waals surface area contributed by atoms with Crippen molar-refractivity contribution in [3.8, 4) is 6.07 Å². The number of nitrogen functional groups attached to an aromatic ring is 1. The molecule has 0 spiro atoms. The summed E-state index contributed by atoms with van der Waals surface area (Å²) in [6.07, 6.45) is 2.48. The zero-order valence-electron chi connectivity index (χ0n) is 13.4. The van der Waals surface area contributed by atoms with Crippen LogP contribution in [0.2, 0.25) is 0 Å². The highest BCUT2D eigenvalue weighted by atomic mass is 16.3. The molecule has 1 aliphatic heterocycles. The van der Waals surface area contributed by atoms with Crippen LogP contribution in [0.3, 0.4) is 0 Å². The number of allylic oxidation sites excluding steroid dienone is 1. The van der Waals surface area contributed by atoms with Crippen LogP contribution in [0.1, 0.15) is 18.2 Å². The number of hydrogen-bond acceptors (Lipinski definition) is 7. The van der Waals surface area contributed by atoms with Gasteiger partial charge in [0.25, 0.3) is 0 Å². The molecule has 0 aliphatic carbocycles. The Hall–Kier alpha value is -3.57. The van der Waals surface area contributed by atoms with Gasteiger partial charge in [-0.1, -0.05) is 6.07 Å². The van der Waals surface area contributed by atoms with Crippen LogP contribution in [0, 0.1) is 11.3 Å². The molecular formula is C17H15N7O. The molecule has 0 radical (unpaired) electrons. The minimum Gasteiger partial charge on any atom is -0.396 e. The van der Waals surface area contributed by atoms with Gasteiger partial charge >= 0.3 is 0 Å². The number of benzene rings is 1. The maximum atomic E-state index is 9.82. The van der Waals surface area contributed by atoms with Crippen LogP contribution in [0.25, 0.3) is 11.2 Å². The third-order valence-corrected chi connectivity index (χ3v) is 4.04. The monoisotopic (exact) mass is 333 g/mol. The molecule has 3 heterocycles. The van der Waals surface area contributed by atoms with Crippen molar-refractivity contribution in [2.75, 3.05) is 16.4 Å². The quantitative estimate of drug-likeness (QED) is 0.566. The molecule has 0 saturated heterocycles. The van der Waals surface area contributed by atoms with E-state index in [1.54, 1.807) is 12.1 Å². The number of aliphatic hydroxyl groups excluding tert-OH is 1. The van der Waals surface area contributed by atoms with Gasteiger partial charge in [0, 0.05) is 23.0 Å². The van der Waals surface area contributed by atoms with Gasteiger partial charge in [-0.05, 0) is 30.7 Å². The van der Waals surface area contributed by atoms with Crippen molar-refractivity contribution in [3.63, 3.8) is 0 Å². The first-order valence-electron chi connectivity index (χ1n) is 7.64. The Morgan fingerprint density at radius 2 is 2.24 bits per heavy atom. The standard InChI is InChI=1S/C17H15N7O/c1-9-4-16(25)22-14-5-10(2-3-12(9)14)21-15-6-13(19)17-20-8-11(7-18)24(17)23-15/h2-6,8,16,22,25H,19H2,1H3,(H,21,23). The Morgan fingerprint density at radius 3 is 3.04 bits per heavy atom. The Bertz CT molecular complexity index is 1060. The fourth-order valence-electron chi connectivity index (χ4n) is 2.89. The molecule has 2 aromatic heterocycles. The van der Waals surface area contributed by atoms with Crippen LogP contribution in [-0.4, -0.2) is 25.9 Å². The molecule has 0 fully saturated rings. The molecule has 124 valence electrons. The normalized spacial score (nSPS) is 15.9. The van der Waals surface area contributed by atoms with Gasteiger partial charge in [0.15, 0.2) is 17.2 Å². The Balaban J connectivity index is 1.72. The number of rotatable bonds is 2. The number of fused-ring (bicyclic) bond motifs is 2. The van der Waals surface area contributed by atoms with Crippen LogP contribution >= 0.6 is 0 Å². The first-order chi connectivity index (χ1) is 12.0. The van der Waals surface area contributed by atoms with Gasteiger partial charge in [0.05, 0.1) is 11.9 Å². The zero-order chi connectivity index (χ0) is 17.6. The van der Waals surface area contributed by atoms with Gasteiger partial charge in [-0.15, -0.1) is 5.10 Å². The minimum absolute atomic E-state index is 0.307. The summed E-state index contributed by atoms with van der Waals surface area (Å²) in [4.78, 5) is 4.09. The topological polar surface area (TPSA) is 124 Å². The summed E-state index contributed by atoms with van der Waals surface area (Å²) in [6.45, 7) is 1.95. The van der Waals surface area contributed by atoms with Crippen molar-refractivity contribution in [3.05, 3.63) is 47.8 Å². The smallest absolute Gasteiger partial charge is 0.178 e. The van der Waals surface area contributed by atoms with Crippen molar-refractivity contribution < 1.29 is 5.11 Å². The average molecular weight is 333 g/mol. The number of nitrogens with one attached hydrogen (secondary N) is 2. The van der Waals surface area contributed by atoms with Gasteiger partial charge in [-0.2, -0.15) is 9.78 Å². The lowest BCUT2D eigenvalue weighted by Crippen LogP contribution is -2.20. The number of hydrogen-bond donors (Lipinski definition) is 4. The van der Waals surface area contributed by atoms with E-state index < -0.39 is 6.23 Å². The zero-order valence-corrected chi connectivity index (χ0v) is 13.4.